The second-order valence-corrected chi connectivity index (χ2v) is 13.6. The van der Waals surface area contributed by atoms with Crippen molar-refractivity contribution in [2.24, 2.45) is 0 Å². The molecule has 1 aliphatic carbocycles. The first-order chi connectivity index (χ1) is 25.0. The molecule has 0 N–H and O–H groups in total. The molecule has 1 aromatic heterocycles. The van der Waals surface area contributed by atoms with E-state index in [2.05, 4.69) is 140 Å². The smallest absolute Gasteiger partial charge is 0.187 e. The zero-order valence-corrected chi connectivity index (χ0v) is 28.3. The molecule has 4 heteroatoms. The third kappa shape index (κ3) is 5.28. The van der Waals surface area contributed by atoms with Crippen molar-refractivity contribution in [3.05, 3.63) is 180 Å². The van der Waals surface area contributed by atoms with Gasteiger partial charge in [-0.25, -0.2) is 19.8 Å². The minimum absolute atomic E-state index is 0.192. The van der Waals surface area contributed by atoms with Crippen molar-refractivity contribution in [1.29, 1.82) is 0 Å². The molecule has 0 saturated carbocycles. The Morgan fingerprint density at radius 3 is 1.76 bits per heavy atom. The number of nitrogens with zero attached hydrogens (tertiary/aromatic N) is 4. The predicted octanol–water partition coefficient (Wildman–Crippen LogP) is 12.2. The minimum atomic E-state index is -0.192. The molecule has 1 aliphatic rings. The van der Waals surface area contributed by atoms with Crippen molar-refractivity contribution in [2.75, 3.05) is 0 Å². The Balaban J connectivity index is 1.14. The Morgan fingerprint density at radius 2 is 1.02 bits per heavy atom. The van der Waals surface area contributed by atoms with E-state index in [4.69, 9.17) is 21.5 Å². The summed E-state index contributed by atoms with van der Waals surface area (Å²) in [5.41, 5.74) is 12.8. The van der Waals surface area contributed by atoms with Gasteiger partial charge in [0.2, 0.25) is 0 Å². The van der Waals surface area contributed by atoms with E-state index in [-0.39, 0.29) is 5.41 Å². The molecular formula is C47H32N4. The van der Waals surface area contributed by atoms with Crippen LogP contribution in [0.4, 0.5) is 5.69 Å². The molecule has 7 aromatic carbocycles. The molecule has 0 fully saturated rings. The van der Waals surface area contributed by atoms with Crippen LogP contribution in [0.2, 0.25) is 0 Å². The van der Waals surface area contributed by atoms with Gasteiger partial charge in [0, 0.05) is 22.1 Å². The van der Waals surface area contributed by atoms with Crippen molar-refractivity contribution < 1.29 is 0 Å². The summed E-state index contributed by atoms with van der Waals surface area (Å²) >= 11 is 0. The fourth-order valence-corrected chi connectivity index (χ4v) is 7.47. The Morgan fingerprint density at radius 1 is 0.431 bits per heavy atom. The molecule has 0 aliphatic heterocycles. The number of hydrogen-bond acceptors (Lipinski definition) is 3. The number of aromatic nitrogens is 3. The maximum Gasteiger partial charge on any atom is 0.187 e. The van der Waals surface area contributed by atoms with Gasteiger partial charge in [-0.05, 0) is 73.5 Å². The van der Waals surface area contributed by atoms with Crippen molar-refractivity contribution in [3.8, 4) is 67.5 Å². The van der Waals surface area contributed by atoms with Crippen LogP contribution in [0.5, 0.6) is 0 Å². The Hall–Kier alpha value is -6.70. The standard InChI is InChI=1S/C47H32N4/c1-47(2)41-21-11-20-39(43(41)40-25-24-38(48-3)29-42(40)47)35-18-9-16-33(26-35)34-17-10-19-36(28-34)45-49-44(31-13-5-4-6-14-31)50-46(51-45)37-23-22-30-12-7-8-15-32(30)27-37/h4-29H,1-2H3. The van der Waals surface area contributed by atoms with Gasteiger partial charge in [-0.1, -0.05) is 153 Å². The van der Waals surface area contributed by atoms with E-state index in [9.17, 15) is 0 Å². The molecule has 0 spiro atoms. The van der Waals surface area contributed by atoms with E-state index in [1.807, 2.05) is 36.4 Å². The highest BCUT2D eigenvalue weighted by Crippen LogP contribution is 2.53. The van der Waals surface area contributed by atoms with Gasteiger partial charge in [-0.2, -0.15) is 0 Å². The molecule has 9 rings (SSSR count). The molecule has 0 radical (unpaired) electrons. The average molecular weight is 653 g/mol. The van der Waals surface area contributed by atoms with Crippen LogP contribution in [0, 0.1) is 6.57 Å². The molecule has 1 heterocycles. The summed E-state index contributed by atoms with van der Waals surface area (Å²) in [5.74, 6) is 1.91. The van der Waals surface area contributed by atoms with Crippen LogP contribution >= 0.6 is 0 Å². The first-order valence-electron chi connectivity index (χ1n) is 17.1. The van der Waals surface area contributed by atoms with E-state index in [0.29, 0.717) is 23.2 Å². The first kappa shape index (κ1) is 30.4. The van der Waals surface area contributed by atoms with Crippen LogP contribution in [0.25, 0.3) is 83.2 Å². The van der Waals surface area contributed by atoms with Crippen LogP contribution in [0.1, 0.15) is 25.0 Å². The van der Waals surface area contributed by atoms with Crippen molar-refractivity contribution in [2.45, 2.75) is 19.3 Å². The second-order valence-electron chi connectivity index (χ2n) is 13.6. The summed E-state index contributed by atoms with van der Waals surface area (Å²) in [5, 5.41) is 2.32. The van der Waals surface area contributed by atoms with E-state index in [0.717, 1.165) is 38.8 Å². The lowest BCUT2D eigenvalue weighted by Crippen LogP contribution is -2.14. The van der Waals surface area contributed by atoms with Crippen molar-refractivity contribution >= 4 is 16.5 Å². The van der Waals surface area contributed by atoms with Gasteiger partial charge >= 0.3 is 0 Å². The number of benzene rings is 7. The average Bonchev–Trinajstić information content (AvgIpc) is 3.43. The van der Waals surface area contributed by atoms with E-state index in [1.165, 1.54) is 33.2 Å². The molecular weight excluding hydrogens is 621 g/mol. The fraction of sp³-hybridized carbons (Fsp3) is 0.0638. The highest BCUT2D eigenvalue weighted by atomic mass is 15.0. The molecule has 51 heavy (non-hydrogen) atoms. The van der Waals surface area contributed by atoms with Gasteiger partial charge in [-0.15, -0.1) is 0 Å². The SMILES string of the molecule is [C-]#[N+]c1ccc2c(c1)C(C)(C)c1cccc(-c3cccc(-c4cccc(-c5nc(-c6ccccc6)nc(-c6ccc7ccccc7c6)n5)c4)c3)c1-2. The lowest BCUT2D eigenvalue weighted by molar-refractivity contribution is 0.661. The van der Waals surface area contributed by atoms with E-state index in [1.54, 1.807) is 0 Å². The summed E-state index contributed by atoms with van der Waals surface area (Å²) in [6.07, 6.45) is 0. The third-order valence-corrected chi connectivity index (χ3v) is 10.1. The zero-order chi connectivity index (χ0) is 34.5. The lowest BCUT2D eigenvalue weighted by Gasteiger charge is -2.22. The topological polar surface area (TPSA) is 43.0 Å². The highest BCUT2D eigenvalue weighted by molar-refractivity contribution is 5.94. The molecule has 0 unspecified atom stereocenters. The summed E-state index contributed by atoms with van der Waals surface area (Å²) in [7, 11) is 0. The maximum atomic E-state index is 7.59. The summed E-state index contributed by atoms with van der Waals surface area (Å²) in [6.45, 7) is 12.1. The van der Waals surface area contributed by atoms with Gasteiger partial charge < -0.3 is 0 Å². The maximum absolute atomic E-state index is 7.59. The van der Waals surface area contributed by atoms with Gasteiger partial charge in [0.1, 0.15) is 0 Å². The molecule has 0 bridgehead atoms. The van der Waals surface area contributed by atoms with Gasteiger partial charge in [0.05, 0.1) is 6.57 Å². The quantitative estimate of drug-likeness (QED) is 0.174. The Labute approximate surface area is 297 Å². The number of fused-ring (bicyclic) bond motifs is 4. The Kier molecular flexibility index (Phi) is 7.15. The molecule has 4 nitrogen and oxygen atoms in total. The molecule has 0 saturated heterocycles. The normalized spacial score (nSPS) is 12.6. The number of rotatable bonds is 5. The van der Waals surface area contributed by atoms with Gasteiger partial charge in [0.15, 0.2) is 23.2 Å². The second kappa shape index (κ2) is 12.0. The lowest BCUT2D eigenvalue weighted by atomic mass is 9.82. The van der Waals surface area contributed by atoms with Crippen molar-refractivity contribution in [3.63, 3.8) is 0 Å². The summed E-state index contributed by atoms with van der Waals surface area (Å²) in [6, 6.07) is 54.7. The first-order valence-corrected chi connectivity index (χ1v) is 17.1. The highest BCUT2D eigenvalue weighted by Gasteiger charge is 2.36. The van der Waals surface area contributed by atoms with Crippen LogP contribution in [0.3, 0.4) is 0 Å². The third-order valence-electron chi connectivity index (χ3n) is 10.1. The van der Waals surface area contributed by atoms with E-state index < -0.39 is 0 Å². The predicted molar refractivity (Wildman–Crippen MR) is 208 cm³/mol. The fourth-order valence-electron chi connectivity index (χ4n) is 7.47. The monoisotopic (exact) mass is 652 g/mol. The zero-order valence-electron chi connectivity index (χ0n) is 28.3. The largest absolute Gasteiger partial charge is 0.238 e. The van der Waals surface area contributed by atoms with Crippen molar-refractivity contribution in [1.82, 2.24) is 15.0 Å². The van der Waals surface area contributed by atoms with E-state index >= 15 is 0 Å². The summed E-state index contributed by atoms with van der Waals surface area (Å²) < 4.78 is 0. The number of hydrogen-bond donors (Lipinski definition) is 0. The molecule has 8 aromatic rings. The van der Waals surface area contributed by atoms with Gasteiger partial charge in [-0.3, -0.25) is 0 Å². The van der Waals surface area contributed by atoms with Crippen LogP contribution in [-0.2, 0) is 5.41 Å². The Bertz CT molecular complexity index is 2680. The molecule has 0 amide bonds. The minimum Gasteiger partial charge on any atom is -0.238 e. The van der Waals surface area contributed by atoms with Gasteiger partial charge in [0.25, 0.3) is 0 Å². The van der Waals surface area contributed by atoms with Crippen LogP contribution in [-0.4, -0.2) is 15.0 Å². The van der Waals surface area contributed by atoms with Crippen LogP contribution in [0.15, 0.2) is 158 Å². The molecule has 0 atom stereocenters. The summed E-state index contributed by atoms with van der Waals surface area (Å²) in [4.78, 5) is 18.7. The molecule has 240 valence electrons. The van der Waals surface area contributed by atoms with Crippen LogP contribution < -0.4 is 0 Å².